The van der Waals surface area contributed by atoms with Crippen molar-refractivity contribution >= 4 is 29.2 Å². The second-order valence-corrected chi connectivity index (χ2v) is 17.1. The molecule has 0 aliphatic heterocycles. The summed E-state index contributed by atoms with van der Waals surface area (Å²) in [5.74, 6) is 0.912. The van der Waals surface area contributed by atoms with Gasteiger partial charge in [-0.1, -0.05) is 0 Å². The summed E-state index contributed by atoms with van der Waals surface area (Å²) >= 11 is -2.54. The van der Waals surface area contributed by atoms with E-state index in [4.69, 9.17) is 17.0 Å². The Hall–Kier alpha value is -0.617. The molecule has 139 valence electrons. The Morgan fingerprint density at radius 1 is 0.852 bits per heavy atom. The first-order valence-corrected chi connectivity index (χ1v) is 17.4. The molecule has 0 saturated carbocycles. The molecule has 2 aromatic rings. The molecule has 0 radical (unpaired) electrons. The summed E-state index contributed by atoms with van der Waals surface area (Å²) in [6.45, 7) is 8.97. The van der Waals surface area contributed by atoms with Gasteiger partial charge in [-0.25, -0.2) is 0 Å². The fourth-order valence-electron chi connectivity index (χ4n) is 4.72. The van der Waals surface area contributed by atoms with Gasteiger partial charge in [0.2, 0.25) is 0 Å². The molecule has 0 nitrogen and oxygen atoms in total. The van der Waals surface area contributed by atoms with Crippen molar-refractivity contribution in [1.82, 2.24) is 0 Å². The van der Waals surface area contributed by atoms with Crippen molar-refractivity contribution in [3.63, 3.8) is 0 Å². The van der Waals surface area contributed by atoms with E-state index in [-0.39, 0.29) is 3.63 Å². The Kier molecular flexibility index (Phi) is 5.59. The third-order valence-electron chi connectivity index (χ3n) is 6.21. The van der Waals surface area contributed by atoms with Crippen LogP contribution in [0.5, 0.6) is 0 Å². The molecule has 0 N–H and O–H groups in total. The molecule has 3 atom stereocenters. The first-order valence-electron chi connectivity index (χ1n) is 9.68. The topological polar surface area (TPSA) is 0 Å². The first-order chi connectivity index (χ1) is 12.9. The van der Waals surface area contributed by atoms with Gasteiger partial charge in [0.15, 0.2) is 0 Å². The van der Waals surface area contributed by atoms with Crippen molar-refractivity contribution in [3.8, 4) is 0 Å². The van der Waals surface area contributed by atoms with Crippen LogP contribution in [0, 0.1) is 13.8 Å². The van der Waals surface area contributed by atoms with Gasteiger partial charge in [-0.3, -0.25) is 0 Å². The van der Waals surface area contributed by atoms with Crippen LogP contribution in [0.15, 0.2) is 36.4 Å². The van der Waals surface area contributed by atoms with Crippen molar-refractivity contribution in [2.24, 2.45) is 0 Å². The van der Waals surface area contributed by atoms with Crippen LogP contribution in [0.1, 0.15) is 73.8 Å². The summed E-state index contributed by atoms with van der Waals surface area (Å²) in [5, 5.41) is 0. The number of allylic oxidation sites excluding steroid dienone is 2. The molecule has 2 aromatic carbocycles. The zero-order chi connectivity index (χ0) is 19.3. The maximum absolute atomic E-state index is 6.76. The number of fused-ring (bicyclic) bond motifs is 2. The average molecular weight is 476 g/mol. The van der Waals surface area contributed by atoms with Gasteiger partial charge >= 0.3 is 179 Å². The molecular formula is C24H25Cl2Zr. The van der Waals surface area contributed by atoms with E-state index in [9.17, 15) is 0 Å². The molecule has 0 saturated heterocycles. The number of hydrogen-bond acceptors (Lipinski definition) is 0. The van der Waals surface area contributed by atoms with E-state index in [2.05, 4.69) is 76.3 Å². The van der Waals surface area contributed by atoms with Gasteiger partial charge in [-0.15, -0.1) is 0 Å². The molecule has 3 unspecified atom stereocenters. The average Bonchev–Trinajstić information content (AvgIpc) is 3.21. The van der Waals surface area contributed by atoms with Crippen molar-refractivity contribution in [1.29, 1.82) is 0 Å². The van der Waals surface area contributed by atoms with E-state index in [1.165, 1.54) is 44.5 Å². The van der Waals surface area contributed by atoms with Gasteiger partial charge in [0, 0.05) is 0 Å². The first kappa shape index (κ1) is 19.7. The van der Waals surface area contributed by atoms with Gasteiger partial charge in [-0.05, 0) is 0 Å². The molecule has 4 rings (SSSR count). The van der Waals surface area contributed by atoms with Crippen LogP contribution >= 0.6 is 17.0 Å². The second kappa shape index (κ2) is 7.66. The summed E-state index contributed by atoms with van der Waals surface area (Å²) < 4.78 is 0.284. The molecule has 2 aliphatic carbocycles. The Labute approximate surface area is 178 Å². The predicted octanol–water partition coefficient (Wildman–Crippen LogP) is 7.77. The number of benzene rings is 2. The van der Waals surface area contributed by atoms with Gasteiger partial charge in [0.05, 0.1) is 0 Å². The molecule has 0 amide bonds. The third kappa shape index (κ3) is 3.45. The van der Waals surface area contributed by atoms with E-state index in [1.807, 2.05) is 0 Å². The molecule has 0 spiro atoms. The number of halogens is 2. The molecule has 3 heteroatoms. The van der Waals surface area contributed by atoms with Crippen molar-refractivity contribution in [2.75, 3.05) is 0 Å². The summed E-state index contributed by atoms with van der Waals surface area (Å²) in [6, 6.07) is 9.10. The van der Waals surface area contributed by atoms with E-state index < -0.39 is 19.4 Å². The Balaban J connectivity index is 1.78. The maximum atomic E-state index is 6.76. The van der Waals surface area contributed by atoms with Crippen molar-refractivity contribution < 1.29 is 19.4 Å². The Morgan fingerprint density at radius 3 is 2.04 bits per heavy atom. The van der Waals surface area contributed by atoms with Gasteiger partial charge < -0.3 is 0 Å². The van der Waals surface area contributed by atoms with Gasteiger partial charge in [0.25, 0.3) is 0 Å². The Morgan fingerprint density at radius 2 is 1.41 bits per heavy atom. The number of hydrogen-bond donors (Lipinski definition) is 0. The summed E-state index contributed by atoms with van der Waals surface area (Å²) in [4.78, 5) is 0. The van der Waals surface area contributed by atoms with Crippen molar-refractivity contribution in [2.45, 2.75) is 49.6 Å². The standard InChI is InChI=1S/C24H25.2ClH.Zr/c1-15-5-9-19(23-17(3)7-13-21(15)23)11-12-20-10-6-16(2)22-14-8-18(4)24(20)22;;;/h5-11,13-14,17-18H,12H2,1-4H3;2*1H;/q;;;+2/p-2. The fraction of sp³-hybridized carbons (Fsp3) is 0.333. The zero-order valence-electron chi connectivity index (χ0n) is 16.3. The van der Waals surface area contributed by atoms with Crippen LogP contribution in [0.3, 0.4) is 0 Å². The van der Waals surface area contributed by atoms with Gasteiger partial charge in [0.1, 0.15) is 0 Å². The summed E-state index contributed by atoms with van der Waals surface area (Å²) in [7, 11) is 13.5. The van der Waals surface area contributed by atoms with E-state index in [0.29, 0.717) is 11.8 Å². The minimum atomic E-state index is -2.54. The van der Waals surface area contributed by atoms with Crippen LogP contribution in [-0.4, -0.2) is 0 Å². The molecule has 0 fully saturated rings. The molecule has 2 aliphatic rings. The number of aryl methyl sites for hydroxylation is 2. The normalized spacial score (nSPS) is 20.7. The third-order valence-corrected chi connectivity index (χ3v) is 11.9. The van der Waals surface area contributed by atoms with Crippen LogP contribution in [0.25, 0.3) is 12.2 Å². The summed E-state index contributed by atoms with van der Waals surface area (Å²) in [5.41, 5.74) is 11.2. The van der Waals surface area contributed by atoms with Crippen LogP contribution in [0.2, 0.25) is 0 Å². The monoisotopic (exact) mass is 473 g/mol. The molecule has 0 aromatic heterocycles. The quantitative estimate of drug-likeness (QED) is 0.424. The zero-order valence-corrected chi connectivity index (χ0v) is 20.3. The van der Waals surface area contributed by atoms with Crippen LogP contribution in [-0.2, 0) is 25.8 Å². The molecule has 27 heavy (non-hydrogen) atoms. The number of rotatable bonds is 4. The Bertz CT molecular complexity index is 955. The van der Waals surface area contributed by atoms with Crippen molar-refractivity contribution in [3.05, 3.63) is 80.9 Å². The van der Waals surface area contributed by atoms with Crippen LogP contribution < -0.4 is 0 Å². The van der Waals surface area contributed by atoms with E-state index >= 15 is 0 Å². The molecule has 0 bridgehead atoms. The molecular weight excluding hydrogens is 450 g/mol. The van der Waals surface area contributed by atoms with Gasteiger partial charge in [-0.2, -0.15) is 0 Å². The second-order valence-electron chi connectivity index (χ2n) is 8.01. The SMILES string of the molecule is Cc1ccc(C[CH](c2ccc(C)c3c2C(C)C=C3)[Zr]([Cl])[Cl])c2c1C=CC2C. The van der Waals surface area contributed by atoms with Crippen LogP contribution in [0.4, 0.5) is 0 Å². The predicted molar refractivity (Wildman–Crippen MR) is 115 cm³/mol. The minimum absolute atomic E-state index is 0.284. The summed E-state index contributed by atoms with van der Waals surface area (Å²) in [6.07, 6.45) is 10.1. The molecule has 0 heterocycles. The van der Waals surface area contributed by atoms with E-state index in [0.717, 1.165) is 6.42 Å². The van der Waals surface area contributed by atoms with E-state index in [1.54, 1.807) is 0 Å². The fourth-order valence-corrected chi connectivity index (χ4v) is 9.14.